The summed E-state index contributed by atoms with van der Waals surface area (Å²) >= 11 is 0. The van der Waals surface area contributed by atoms with Gasteiger partial charge >= 0.3 is 0 Å². The van der Waals surface area contributed by atoms with Crippen LogP contribution in [0.3, 0.4) is 0 Å². The molecule has 1 rings (SSSR count). The Morgan fingerprint density at radius 1 is 0.909 bits per heavy atom. The first-order valence-corrected chi connectivity index (χ1v) is 9.64. The van der Waals surface area contributed by atoms with Gasteiger partial charge in [0.15, 0.2) is 0 Å². The average Bonchev–Trinajstić information content (AvgIpc) is 2.97. The van der Waals surface area contributed by atoms with E-state index >= 15 is 0 Å². The zero-order valence-corrected chi connectivity index (χ0v) is 14.9. The van der Waals surface area contributed by atoms with Crippen LogP contribution in [0.4, 0.5) is 0 Å². The normalized spacial score (nSPS) is 18.7. The van der Waals surface area contributed by atoms with Crippen LogP contribution >= 0.6 is 0 Å². The molecule has 0 bridgehead atoms. The van der Waals surface area contributed by atoms with Crippen molar-refractivity contribution in [3.8, 4) is 0 Å². The molecule has 22 heavy (non-hydrogen) atoms. The summed E-state index contributed by atoms with van der Waals surface area (Å²) in [5.74, 6) is 0. The van der Waals surface area contributed by atoms with E-state index in [1.54, 1.807) is 0 Å². The van der Waals surface area contributed by atoms with Crippen molar-refractivity contribution in [2.75, 3.05) is 0 Å². The molecule has 3 heteroatoms. The minimum absolute atomic E-state index is 0.295. The van der Waals surface area contributed by atoms with Gasteiger partial charge in [-0.1, -0.05) is 77.6 Å². The fraction of sp³-hybridized carbons (Fsp3) is 0.895. The Labute approximate surface area is 138 Å². The van der Waals surface area contributed by atoms with Crippen molar-refractivity contribution in [2.45, 2.75) is 110 Å². The van der Waals surface area contributed by atoms with E-state index in [0.29, 0.717) is 6.17 Å². The standard InChI is InChI=1S/C19H38N2O/c1-3-4-5-6-7-8-9-10-11-12-13-14-15-19-20-16-17-21(19)18(2)22/h16-20,22H,3-15H2,1-2H3. The van der Waals surface area contributed by atoms with Crippen LogP contribution in [0, 0.1) is 0 Å². The number of rotatable bonds is 14. The maximum Gasteiger partial charge on any atom is 0.125 e. The van der Waals surface area contributed by atoms with Crippen molar-refractivity contribution < 1.29 is 5.11 Å². The van der Waals surface area contributed by atoms with Crippen molar-refractivity contribution in [3.05, 3.63) is 12.4 Å². The highest BCUT2D eigenvalue weighted by molar-refractivity contribution is 4.94. The van der Waals surface area contributed by atoms with Crippen molar-refractivity contribution in [3.63, 3.8) is 0 Å². The van der Waals surface area contributed by atoms with Gasteiger partial charge in [0.25, 0.3) is 0 Å². The number of hydrogen-bond acceptors (Lipinski definition) is 3. The van der Waals surface area contributed by atoms with Crippen LogP contribution in [0.2, 0.25) is 0 Å². The second kappa shape index (κ2) is 12.8. The first kappa shape index (κ1) is 19.3. The van der Waals surface area contributed by atoms with E-state index in [1.165, 1.54) is 77.0 Å². The van der Waals surface area contributed by atoms with Crippen molar-refractivity contribution >= 4 is 0 Å². The minimum atomic E-state index is -0.395. The highest BCUT2D eigenvalue weighted by Gasteiger charge is 2.20. The highest BCUT2D eigenvalue weighted by Crippen LogP contribution is 2.16. The molecule has 0 aromatic carbocycles. The molecule has 3 nitrogen and oxygen atoms in total. The van der Waals surface area contributed by atoms with Gasteiger partial charge in [-0.15, -0.1) is 0 Å². The number of nitrogens with zero attached hydrogens (tertiary/aromatic N) is 1. The van der Waals surface area contributed by atoms with E-state index in [4.69, 9.17) is 0 Å². The summed E-state index contributed by atoms with van der Waals surface area (Å²) in [6.07, 6.45) is 21.6. The van der Waals surface area contributed by atoms with Crippen LogP contribution in [0.1, 0.15) is 97.3 Å². The van der Waals surface area contributed by atoms with Gasteiger partial charge in [-0.05, 0) is 19.8 Å². The molecule has 1 aliphatic rings. The first-order valence-electron chi connectivity index (χ1n) is 9.64. The third-order valence-electron chi connectivity index (χ3n) is 4.66. The maximum atomic E-state index is 9.65. The molecule has 2 N–H and O–H groups in total. The third-order valence-corrected chi connectivity index (χ3v) is 4.66. The summed E-state index contributed by atoms with van der Waals surface area (Å²) in [7, 11) is 0. The quantitative estimate of drug-likeness (QED) is 0.437. The molecule has 2 unspecified atom stereocenters. The summed E-state index contributed by atoms with van der Waals surface area (Å²) < 4.78 is 0. The minimum Gasteiger partial charge on any atom is -0.374 e. The Balaban J connectivity index is 1.82. The van der Waals surface area contributed by atoms with Crippen LogP contribution in [-0.2, 0) is 0 Å². The highest BCUT2D eigenvalue weighted by atomic mass is 16.3. The number of unbranched alkanes of at least 4 members (excludes halogenated alkanes) is 11. The van der Waals surface area contributed by atoms with E-state index in [-0.39, 0.29) is 0 Å². The molecule has 0 amide bonds. The van der Waals surface area contributed by atoms with Gasteiger partial charge in [0.05, 0.1) is 0 Å². The lowest BCUT2D eigenvalue weighted by Gasteiger charge is -2.28. The molecule has 0 radical (unpaired) electrons. The van der Waals surface area contributed by atoms with E-state index in [0.717, 1.165) is 6.42 Å². The lowest BCUT2D eigenvalue weighted by atomic mass is 10.0. The van der Waals surface area contributed by atoms with Gasteiger partial charge < -0.3 is 15.3 Å². The zero-order valence-electron chi connectivity index (χ0n) is 14.9. The Kier molecular flexibility index (Phi) is 11.3. The topological polar surface area (TPSA) is 35.5 Å². The summed E-state index contributed by atoms with van der Waals surface area (Å²) in [6.45, 7) is 4.10. The van der Waals surface area contributed by atoms with Crippen LogP contribution in [0.15, 0.2) is 12.4 Å². The van der Waals surface area contributed by atoms with Crippen LogP contribution in [0.5, 0.6) is 0 Å². The second-order valence-electron chi connectivity index (χ2n) is 6.76. The van der Waals surface area contributed by atoms with E-state index in [1.807, 2.05) is 24.2 Å². The molecule has 0 spiro atoms. The SMILES string of the molecule is CCCCCCCCCCCCCCC1NC=CN1C(C)O. The van der Waals surface area contributed by atoms with Crippen molar-refractivity contribution in [1.29, 1.82) is 0 Å². The molecule has 0 aromatic rings. The van der Waals surface area contributed by atoms with Crippen molar-refractivity contribution in [2.24, 2.45) is 0 Å². The smallest absolute Gasteiger partial charge is 0.125 e. The van der Waals surface area contributed by atoms with Gasteiger partial charge in [-0.25, -0.2) is 0 Å². The van der Waals surface area contributed by atoms with E-state index in [9.17, 15) is 5.11 Å². The molecule has 0 saturated carbocycles. The summed E-state index contributed by atoms with van der Waals surface area (Å²) in [4.78, 5) is 2.00. The number of aliphatic hydroxyl groups is 1. The predicted molar refractivity (Wildman–Crippen MR) is 95.3 cm³/mol. The zero-order chi connectivity index (χ0) is 16.0. The van der Waals surface area contributed by atoms with E-state index in [2.05, 4.69) is 12.2 Å². The summed E-state index contributed by atoms with van der Waals surface area (Å²) in [5.41, 5.74) is 0. The monoisotopic (exact) mass is 310 g/mol. The third kappa shape index (κ3) is 8.67. The fourth-order valence-corrected chi connectivity index (χ4v) is 3.23. The molecule has 130 valence electrons. The van der Waals surface area contributed by atoms with Gasteiger partial charge in [-0.3, -0.25) is 0 Å². The molecule has 2 atom stereocenters. The second-order valence-corrected chi connectivity index (χ2v) is 6.76. The van der Waals surface area contributed by atoms with Crippen LogP contribution in [-0.4, -0.2) is 22.4 Å². The Hall–Kier alpha value is -0.700. The lowest BCUT2D eigenvalue weighted by Crippen LogP contribution is -2.40. The molecule has 0 aliphatic carbocycles. The van der Waals surface area contributed by atoms with Gasteiger partial charge in [-0.2, -0.15) is 0 Å². The largest absolute Gasteiger partial charge is 0.374 e. The molecule has 1 aliphatic heterocycles. The Bertz CT molecular complexity index is 279. The van der Waals surface area contributed by atoms with Crippen molar-refractivity contribution in [1.82, 2.24) is 10.2 Å². The molecule has 0 fully saturated rings. The molecule has 1 heterocycles. The lowest BCUT2D eigenvalue weighted by molar-refractivity contribution is 0.0254. The van der Waals surface area contributed by atoms with Gasteiger partial charge in [0.2, 0.25) is 0 Å². The Morgan fingerprint density at radius 3 is 1.91 bits per heavy atom. The molecular weight excluding hydrogens is 272 g/mol. The molecule has 0 aromatic heterocycles. The predicted octanol–water partition coefficient (Wildman–Crippen LogP) is 5.12. The van der Waals surface area contributed by atoms with E-state index < -0.39 is 6.23 Å². The first-order chi connectivity index (χ1) is 10.8. The fourth-order valence-electron chi connectivity index (χ4n) is 3.23. The summed E-state index contributed by atoms with van der Waals surface area (Å²) in [6, 6.07) is 0. The Morgan fingerprint density at radius 2 is 1.41 bits per heavy atom. The van der Waals surface area contributed by atoms with Crippen LogP contribution in [0.25, 0.3) is 0 Å². The number of hydrogen-bond donors (Lipinski definition) is 2. The molecule has 0 saturated heterocycles. The van der Waals surface area contributed by atoms with Gasteiger partial charge in [0.1, 0.15) is 12.4 Å². The van der Waals surface area contributed by atoms with Gasteiger partial charge in [0, 0.05) is 12.4 Å². The van der Waals surface area contributed by atoms with Crippen LogP contribution < -0.4 is 5.32 Å². The summed E-state index contributed by atoms with van der Waals surface area (Å²) in [5, 5.41) is 13.0. The average molecular weight is 311 g/mol. The number of nitrogens with one attached hydrogen (secondary N) is 1. The molecular formula is C19H38N2O. The number of aliphatic hydroxyl groups excluding tert-OH is 1. The maximum absolute atomic E-state index is 9.65.